The molecule has 9 N–H and O–H groups in total. The molecule has 3 aliphatic rings. The molecule has 462 valence electrons. The number of amides is 6. The number of aliphatic carboxylic acids is 1. The molecular weight excluding hydrogens is 1130 g/mol. The minimum absolute atomic E-state index is 0.00970. The third-order valence-electron chi connectivity index (χ3n) is 13.6. The van der Waals surface area contributed by atoms with Gasteiger partial charge in [-0.15, -0.1) is 0 Å². The van der Waals surface area contributed by atoms with E-state index in [0.717, 1.165) is 21.6 Å². The number of carboxylic acid groups (broad SMARTS) is 1. The summed E-state index contributed by atoms with van der Waals surface area (Å²) in [6.45, 7) is 4.40. The second kappa shape index (κ2) is 32.5. The molecule has 5 aromatic rings. The zero-order valence-electron chi connectivity index (χ0n) is 48.6. The fourth-order valence-electron chi connectivity index (χ4n) is 9.10. The van der Waals surface area contributed by atoms with E-state index in [0.29, 0.717) is 34.5 Å². The SMILES string of the molecule is CC(=O)c1cc(C)c(O)c(C)c1.CC(=O)c1ccc(O)cc1.CN[C@H]1CN(C(=O)CO)c2ccccc2N(CC(=O)N[C@H](C=O)CC(=O)O)C1=O.CN[C@H]1CN(C(=O)CO)c2ccccc2N(CC(=O)N[C@H]2CC(=O)OC2OCc2ccccc2)C1=O. The zero-order chi connectivity index (χ0) is 64.1. The van der Waals surface area contributed by atoms with Gasteiger partial charge in [-0.3, -0.25) is 57.7 Å². The van der Waals surface area contributed by atoms with Gasteiger partial charge in [-0.2, -0.15) is 0 Å². The number of anilines is 4. The second-order valence-electron chi connectivity index (χ2n) is 19.9. The third kappa shape index (κ3) is 18.9. The van der Waals surface area contributed by atoms with Crippen LogP contribution in [0, 0.1) is 13.8 Å². The van der Waals surface area contributed by atoms with Crippen molar-refractivity contribution in [2.75, 3.05) is 73.1 Å². The lowest BCUT2D eigenvalue weighted by Gasteiger charge is -2.26. The van der Waals surface area contributed by atoms with Gasteiger partial charge in [-0.05, 0) is 119 Å². The van der Waals surface area contributed by atoms with Gasteiger partial charge in [0.25, 0.3) is 11.8 Å². The van der Waals surface area contributed by atoms with Crippen LogP contribution in [0.4, 0.5) is 22.7 Å². The largest absolute Gasteiger partial charge is 0.508 e. The van der Waals surface area contributed by atoms with E-state index in [4.69, 9.17) is 19.7 Å². The molecule has 6 amide bonds. The number of aromatic hydroxyl groups is 2. The number of phenolic OH excluding ortho intramolecular Hbond substituents is 2. The Bertz CT molecular complexity index is 3280. The fourth-order valence-corrected chi connectivity index (χ4v) is 9.10. The normalized spacial score (nSPS) is 17.1. The minimum Gasteiger partial charge on any atom is -0.508 e. The van der Waals surface area contributed by atoms with Crippen molar-refractivity contribution in [2.24, 2.45) is 0 Å². The molecule has 0 saturated carbocycles. The van der Waals surface area contributed by atoms with Crippen molar-refractivity contribution < 1.29 is 87.7 Å². The van der Waals surface area contributed by atoms with Crippen molar-refractivity contribution in [3.63, 3.8) is 0 Å². The van der Waals surface area contributed by atoms with Crippen LogP contribution in [0.15, 0.2) is 115 Å². The molecule has 26 heteroatoms. The molecule has 0 aromatic heterocycles. The maximum Gasteiger partial charge on any atom is 0.310 e. The summed E-state index contributed by atoms with van der Waals surface area (Å²) in [6, 6.07) is 28.4. The van der Waals surface area contributed by atoms with Crippen molar-refractivity contribution in [3.05, 3.63) is 143 Å². The lowest BCUT2D eigenvalue weighted by molar-refractivity contribution is -0.168. The number of carboxylic acids is 1. The summed E-state index contributed by atoms with van der Waals surface area (Å²) in [6.07, 6.45) is -1.30. The first-order valence-electron chi connectivity index (χ1n) is 27.1. The number of para-hydroxylation sites is 4. The molecule has 1 unspecified atom stereocenters. The molecule has 3 heterocycles. The molecule has 0 aliphatic carbocycles. The highest BCUT2D eigenvalue weighted by molar-refractivity contribution is 6.11. The summed E-state index contributed by atoms with van der Waals surface area (Å²) in [7, 11) is 3.10. The summed E-state index contributed by atoms with van der Waals surface area (Å²) in [4.78, 5) is 137. The van der Waals surface area contributed by atoms with Gasteiger partial charge in [0.1, 0.15) is 62.2 Å². The van der Waals surface area contributed by atoms with Crippen LogP contribution in [0.1, 0.15) is 64.1 Å². The molecule has 3 aliphatic heterocycles. The van der Waals surface area contributed by atoms with E-state index in [1.807, 2.05) is 30.3 Å². The number of nitrogens with one attached hydrogen (secondary N) is 4. The van der Waals surface area contributed by atoms with Crippen LogP contribution in [-0.2, 0) is 59.2 Å². The van der Waals surface area contributed by atoms with Gasteiger partial charge in [0.15, 0.2) is 11.6 Å². The van der Waals surface area contributed by atoms with E-state index in [9.17, 15) is 68.1 Å². The number of fused-ring (bicyclic) bond motifs is 2. The summed E-state index contributed by atoms with van der Waals surface area (Å²) >= 11 is 0. The number of likely N-dealkylation sites (N-methyl/N-ethyl adjacent to an activating group) is 2. The van der Waals surface area contributed by atoms with E-state index in [2.05, 4.69) is 21.3 Å². The van der Waals surface area contributed by atoms with Crippen LogP contribution >= 0.6 is 0 Å². The Hall–Kier alpha value is -9.73. The number of aldehydes is 1. The number of carbonyl (C=O) groups is 11. The summed E-state index contributed by atoms with van der Waals surface area (Å²) in [5.74, 6) is -4.59. The molecule has 0 spiro atoms. The van der Waals surface area contributed by atoms with Gasteiger partial charge in [0.2, 0.25) is 29.9 Å². The predicted molar refractivity (Wildman–Crippen MR) is 316 cm³/mol. The number of ketones is 2. The number of rotatable bonds is 18. The molecule has 1 saturated heterocycles. The van der Waals surface area contributed by atoms with Crippen LogP contribution < -0.4 is 40.9 Å². The maximum atomic E-state index is 13.3. The van der Waals surface area contributed by atoms with Crippen LogP contribution in [0.2, 0.25) is 0 Å². The highest BCUT2D eigenvalue weighted by Gasteiger charge is 2.40. The number of hydrogen-bond donors (Lipinski definition) is 9. The number of hydrogen-bond acceptors (Lipinski definition) is 19. The van der Waals surface area contributed by atoms with Gasteiger partial charge in [0, 0.05) is 11.1 Å². The molecule has 0 radical (unpaired) electrons. The predicted octanol–water partition coefficient (Wildman–Crippen LogP) is 1.83. The van der Waals surface area contributed by atoms with Crippen LogP contribution in [0.5, 0.6) is 11.5 Å². The van der Waals surface area contributed by atoms with Gasteiger partial charge in [-0.25, -0.2) is 0 Å². The van der Waals surface area contributed by atoms with Crippen LogP contribution in [-0.4, -0.2) is 175 Å². The molecule has 5 aromatic carbocycles. The Morgan fingerprint density at radius 1 is 0.655 bits per heavy atom. The number of aryl methyl sites for hydroxylation is 2. The standard InChI is InChI=1S/C25H28N4O7.C18H22N4O7.C10H12O2.C8H8O2/c1-26-18-12-28(22(32)14-30)19-9-5-6-10-20(19)29(24(18)34)13-21(31)27-17-11-23(33)36-25(17)35-15-16-7-3-2-4-8-16;1-19-12-7-21(16(26)10-24)13-4-2-3-5-14(13)22(18(12)29)8-15(25)20-11(9-23)6-17(27)28;1-6-4-9(8(3)11)5-7(2)10(6)12;1-6(9)7-2-4-8(10)5-3-7/h2-10,17-18,25-26,30H,11-15H2,1H3,(H,27,31);2-5,9,11-12,19,24H,6-8,10H2,1H3,(H,20,25)(H,27,28);4-5,12H,1-3H3;2-5,10H,1H3/t17-,18-,25?;11-,12-;;/m00../s1. The lowest BCUT2D eigenvalue weighted by Crippen LogP contribution is -2.53. The fraction of sp³-hybridized carbons (Fsp3) is 0.328. The van der Waals surface area contributed by atoms with Gasteiger partial charge < -0.3 is 70.9 Å². The average molecular weight is 1200 g/mol. The first-order chi connectivity index (χ1) is 41.4. The number of aliphatic hydroxyl groups excluding tert-OH is 2. The van der Waals surface area contributed by atoms with E-state index >= 15 is 0 Å². The topological polar surface area (TPSA) is 368 Å². The lowest BCUT2D eigenvalue weighted by atomic mass is 10.0. The number of carbonyl (C=O) groups excluding carboxylic acids is 10. The third-order valence-corrected chi connectivity index (χ3v) is 13.6. The van der Waals surface area contributed by atoms with E-state index in [-0.39, 0.29) is 61.4 Å². The quantitative estimate of drug-likeness (QED) is 0.0343. The molecule has 5 atom stereocenters. The maximum absolute atomic E-state index is 13.3. The molecule has 8 rings (SSSR count). The van der Waals surface area contributed by atoms with Gasteiger partial charge >= 0.3 is 11.9 Å². The summed E-state index contributed by atoms with van der Waals surface area (Å²) in [5.41, 5.74) is 5.03. The van der Waals surface area contributed by atoms with Crippen LogP contribution in [0.3, 0.4) is 0 Å². The van der Waals surface area contributed by atoms with E-state index < -0.39 is 104 Å². The van der Waals surface area contributed by atoms with Crippen molar-refractivity contribution in [2.45, 2.75) is 77.6 Å². The Morgan fingerprint density at radius 3 is 1.55 bits per heavy atom. The van der Waals surface area contributed by atoms with E-state index in [1.54, 1.807) is 93.7 Å². The zero-order valence-corrected chi connectivity index (χ0v) is 48.6. The van der Waals surface area contributed by atoms with Crippen molar-refractivity contribution in [1.29, 1.82) is 0 Å². The van der Waals surface area contributed by atoms with Crippen molar-refractivity contribution in [3.8, 4) is 11.5 Å². The van der Waals surface area contributed by atoms with E-state index in [1.165, 1.54) is 47.7 Å². The van der Waals surface area contributed by atoms with Gasteiger partial charge in [-0.1, -0.05) is 54.6 Å². The number of phenols is 2. The van der Waals surface area contributed by atoms with Crippen molar-refractivity contribution in [1.82, 2.24) is 21.3 Å². The number of nitrogens with zero attached hydrogens (tertiary/aromatic N) is 4. The molecule has 26 nitrogen and oxygen atoms in total. The Kier molecular flexibility index (Phi) is 25.4. The summed E-state index contributed by atoms with van der Waals surface area (Å²) < 4.78 is 11.0. The molecular formula is C61H70N8O18. The number of ether oxygens (including phenoxy) is 2. The first-order valence-corrected chi connectivity index (χ1v) is 27.1. The smallest absolute Gasteiger partial charge is 0.310 e. The number of Topliss-reactive ketones (excluding diaryl/α,β-unsaturated/α-hetero) is 2. The molecule has 1 fully saturated rings. The average Bonchev–Trinajstić information content (AvgIpc) is 2.04. The van der Waals surface area contributed by atoms with Gasteiger partial charge in [0.05, 0.1) is 61.3 Å². The summed E-state index contributed by atoms with van der Waals surface area (Å²) in [5, 5.41) is 56.4. The Labute approximate surface area is 500 Å². The number of esters is 1. The van der Waals surface area contributed by atoms with Crippen LogP contribution in [0.25, 0.3) is 0 Å². The highest BCUT2D eigenvalue weighted by atomic mass is 16.7. The van der Waals surface area contributed by atoms with Crippen molar-refractivity contribution >= 4 is 88.0 Å². The Balaban J connectivity index is 0.000000238. The number of benzene rings is 5. The number of cyclic esters (lactones) is 1. The molecule has 87 heavy (non-hydrogen) atoms. The highest BCUT2D eigenvalue weighted by Crippen LogP contribution is 2.34. The molecule has 0 bridgehead atoms. The monoisotopic (exact) mass is 1200 g/mol. The Morgan fingerprint density at radius 2 is 1.11 bits per heavy atom. The number of aliphatic hydroxyl groups is 2. The second-order valence-corrected chi connectivity index (χ2v) is 19.9. The minimum atomic E-state index is -1.26. The first kappa shape index (κ1) is 68.1.